The van der Waals surface area contributed by atoms with Crippen LogP contribution in [0.4, 0.5) is 10.1 Å². The van der Waals surface area contributed by atoms with E-state index >= 15 is 0 Å². The molecule has 0 unspecified atom stereocenters. The molecule has 1 saturated heterocycles. The van der Waals surface area contributed by atoms with Crippen molar-refractivity contribution in [3.8, 4) is 22.8 Å². The molecule has 8 heteroatoms. The lowest BCUT2D eigenvalue weighted by molar-refractivity contribution is 0.438. The molecule has 0 bridgehead atoms. The fraction of sp³-hybridized carbons (Fsp3) is 0.0667. The molecule has 3 aromatic carbocycles. The van der Waals surface area contributed by atoms with Gasteiger partial charge in [-0.15, -0.1) is 0 Å². The van der Waals surface area contributed by atoms with Crippen molar-refractivity contribution in [3.63, 3.8) is 0 Å². The normalized spacial score (nSPS) is 16.9. The van der Waals surface area contributed by atoms with E-state index in [2.05, 4.69) is 26.2 Å². The van der Waals surface area contributed by atoms with Gasteiger partial charge in [0.25, 0.3) is 0 Å². The summed E-state index contributed by atoms with van der Waals surface area (Å²) in [5.74, 6) is 2.17. The Balaban J connectivity index is 1.37. The Morgan fingerprint density at radius 3 is 2.39 bits per heavy atom. The zero-order chi connectivity index (χ0) is 26.1. The van der Waals surface area contributed by atoms with Gasteiger partial charge in [-0.25, -0.2) is 4.39 Å². The van der Waals surface area contributed by atoms with Crippen molar-refractivity contribution in [3.05, 3.63) is 131 Å². The zero-order valence-electron chi connectivity index (χ0n) is 19.9. The van der Waals surface area contributed by atoms with E-state index in [1.807, 2.05) is 83.8 Å². The van der Waals surface area contributed by atoms with Gasteiger partial charge in [-0.3, -0.25) is 4.98 Å². The Bertz CT molecular complexity index is 1580. The molecule has 0 radical (unpaired) electrons. The highest BCUT2D eigenvalue weighted by molar-refractivity contribution is 9.10. The molecule has 188 valence electrons. The maximum Gasteiger partial charge on any atom is 0.174 e. The molecule has 5 aromatic rings. The highest BCUT2D eigenvalue weighted by Gasteiger charge is 2.42. The predicted octanol–water partition coefficient (Wildman–Crippen LogP) is 8.21. The van der Waals surface area contributed by atoms with E-state index in [0.29, 0.717) is 32.4 Å². The van der Waals surface area contributed by atoms with Gasteiger partial charge in [0.05, 0.1) is 17.3 Å². The van der Waals surface area contributed by atoms with Crippen molar-refractivity contribution in [2.75, 3.05) is 4.90 Å². The van der Waals surface area contributed by atoms with Crippen LogP contribution in [0.3, 0.4) is 0 Å². The summed E-state index contributed by atoms with van der Waals surface area (Å²) in [6, 6.07) is 31.0. The molecule has 38 heavy (non-hydrogen) atoms. The fourth-order valence-electron chi connectivity index (χ4n) is 4.57. The van der Waals surface area contributed by atoms with E-state index in [9.17, 15) is 4.39 Å². The molecule has 5 nitrogen and oxygen atoms in total. The predicted molar refractivity (Wildman–Crippen MR) is 153 cm³/mol. The van der Waals surface area contributed by atoms with E-state index in [4.69, 9.17) is 21.4 Å². The third-order valence-corrected chi connectivity index (χ3v) is 7.11. The highest BCUT2D eigenvalue weighted by Crippen LogP contribution is 2.43. The number of furan rings is 1. The standard InChI is InChI=1S/C30H21BrFN3O2S/c31-19-9-14-23(24(32)18-19)26-15-16-27(37-26)29-28(25-8-4-5-17-33-25)34-30(38)35(29)20-10-12-22(13-11-20)36-21-6-2-1-3-7-21/h1-18,28-29H,(H,34,38)/t28-,29-/m1/s1. The van der Waals surface area contributed by atoms with Gasteiger partial charge in [0.15, 0.2) is 5.11 Å². The number of thiocarbonyl (C=S) groups is 1. The van der Waals surface area contributed by atoms with Gasteiger partial charge in [0, 0.05) is 16.4 Å². The lowest BCUT2D eigenvalue weighted by atomic mass is 10.0. The van der Waals surface area contributed by atoms with E-state index in [-0.39, 0.29) is 17.9 Å². The lowest BCUT2D eigenvalue weighted by Crippen LogP contribution is -2.29. The third kappa shape index (κ3) is 4.80. The third-order valence-electron chi connectivity index (χ3n) is 6.31. The molecule has 0 spiro atoms. The van der Waals surface area contributed by atoms with Gasteiger partial charge in [-0.1, -0.05) is 40.2 Å². The van der Waals surface area contributed by atoms with Crippen LogP contribution in [0.25, 0.3) is 11.3 Å². The molecule has 0 aliphatic carbocycles. The van der Waals surface area contributed by atoms with Crippen molar-refractivity contribution < 1.29 is 13.5 Å². The van der Waals surface area contributed by atoms with Crippen LogP contribution in [-0.4, -0.2) is 10.1 Å². The quantitative estimate of drug-likeness (QED) is 0.203. The average Bonchev–Trinajstić information content (AvgIpc) is 3.55. The SMILES string of the molecule is Fc1cc(Br)ccc1-c1ccc([C@@H]2[C@@H](c3ccccn3)NC(=S)N2c2ccc(Oc3ccccc3)cc2)o1. The molecule has 0 saturated carbocycles. The van der Waals surface area contributed by atoms with Crippen molar-refractivity contribution >= 4 is 38.9 Å². The van der Waals surface area contributed by atoms with Gasteiger partial charge in [-0.05, 0) is 91.1 Å². The molecule has 1 aliphatic heterocycles. The number of halogens is 2. The van der Waals surface area contributed by atoms with Gasteiger partial charge in [-0.2, -0.15) is 0 Å². The zero-order valence-corrected chi connectivity index (χ0v) is 22.3. The molecular weight excluding hydrogens is 565 g/mol. The number of anilines is 1. The van der Waals surface area contributed by atoms with Gasteiger partial charge in [0.2, 0.25) is 0 Å². The molecule has 0 amide bonds. The second-order valence-electron chi connectivity index (χ2n) is 8.73. The van der Waals surface area contributed by atoms with Crippen LogP contribution in [0.1, 0.15) is 23.5 Å². The van der Waals surface area contributed by atoms with Crippen LogP contribution in [0.5, 0.6) is 11.5 Å². The monoisotopic (exact) mass is 585 g/mol. The summed E-state index contributed by atoms with van der Waals surface area (Å²) in [4.78, 5) is 6.57. The smallest absolute Gasteiger partial charge is 0.174 e. The van der Waals surface area contributed by atoms with Gasteiger partial charge >= 0.3 is 0 Å². The summed E-state index contributed by atoms with van der Waals surface area (Å²) >= 11 is 9.11. The molecular formula is C30H21BrFN3O2S. The van der Waals surface area contributed by atoms with Crippen LogP contribution < -0.4 is 15.0 Å². The van der Waals surface area contributed by atoms with Gasteiger partial charge < -0.3 is 19.4 Å². The maximum atomic E-state index is 14.7. The first-order valence-corrected chi connectivity index (χ1v) is 13.2. The first kappa shape index (κ1) is 24.3. The van der Waals surface area contributed by atoms with E-state index < -0.39 is 0 Å². The van der Waals surface area contributed by atoms with Crippen molar-refractivity contribution in [2.45, 2.75) is 12.1 Å². The largest absolute Gasteiger partial charge is 0.459 e. The number of rotatable bonds is 6. The van der Waals surface area contributed by atoms with E-state index in [0.717, 1.165) is 17.1 Å². The summed E-state index contributed by atoms with van der Waals surface area (Å²) in [7, 11) is 0. The Kier molecular flexibility index (Phi) is 6.66. The molecule has 1 N–H and O–H groups in total. The van der Waals surface area contributed by atoms with E-state index in [1.165, 1.54) is 6.07 Å². The molecule has 2 aromatic heterocycles. The van der Waals surface area contributed by atoms with Crippen molar-refractivity contribution in [1.29, 1.82) is 0 Å². The summed E-state index contributed by atoms with van der Waals surface area (Å²) in [6.07, 6.45) is 1.75. The molecule has 1 fully saturated rings. The summed E-state index contributed by atoms with van der Waals surface area (Å²) in [6.45, 7) is 0. The number of para-hydroxylation sites is 1. The van der Waals surface area contributed by atoms with Crippen molar-refractivity contribution in [2.24, 2.45) is 0 Å². The Morgan fingerprint density at radius 1 is 0.895 bits per heavy atom. The summed E-state index contributed by atoms with van der Waals surface area (Å²) in [5, 5.41) is 3.95. The van der Waals surface area contributed by atoms with Crippen molar-refractivity contribution in [1.82, 2.24) is 10.3 Å². The number of benzene rings is 3. The summed E-state index contributed by atoms with van der Waals surface area (Å²) < 4.78 is 27.6. The second kappa shape index (κ2) is 10.4. The van der Waals surface area contributed by atoms with Crippen LogP contribution in [0.15, 0.2) is 118 Å². The minimum absolute atomic E-state index is 0.280. The minimum Gasteiger partial charge on any atom is -0.459 e. The maximum absolute atomic E-state index is 14.7. The first-order valence-electron chi connectivity index (χ1n) is 12.0. The number of hydrogen-bond acceptors (Lipinski definition) is 4. The number of nitrogens with zero attached hydrogens (tertiary/aromatic N) is 2. The number of nitrogens with one attached hydrogen (secondary N) is 1. The fourth-order valence-corrected chi connectivity index (χ4v) is 5.25. The molecule has 6 rings (SSSR count). The Labute approximate surface area is 233 Å². The summed E-state index contributed by atoms with van der Waals surface area (Å²) in [5.41, 5.74) is 2.06. The van der Waals surface area contributed by atoms with Crippen LogP contribution >= 0.6 is 28.1 Å². The van der Waals surface area contributed by atoms with Crippen LogP contribution in [-0.2, 0) is 0 Å². The van der Waals surface area contributed by atoms with E-state index in [1.54, 1.807) is 24.4 Å². The Morgan fingerprint density at radius 2 is 1.66 bits per heavy atom. The molecule has 1 aliphatic rings. The lowest BCUT2D eigenvalue weighted by Gasteiger charge is -2.26. The first-order chi connectivity index (χ1) is 18.6. The van der Waals surface area contributed by atoms with Crippen LogP contribution in [0.2, 0.25) is 0 Å². The molecule has 3 heterocycles. The van der Waals surface area contributed by atoms with Crippen LogP contribution in [0, 0.1) is 5.82 Å². The second-order valence-corrected chi connectivity index (χ2v) is 10.0. The van der Waals surface area contributed by atoms with Gasteiger partial charge in [0.1, 0.15) is 34.9 Å². The topological polar surface area (TPSA) is 50.5 Å². The average molecular weight is 586 g/mol. The number of ether oxygens (including phenoxy) is 1. The number of pyridine rings is 1. The number of hydrogen-bond donors (Lipinski definition) is 1. The Hall–Kier alpha value is -4.01. The minimum atomic E-state index is -0.368. The number of aromatic nitrogens is 1. The molecule has 2 atom stereocenters. The highest BCUT2D eigenvalue weighted by atomic mass is 79.9.